The highest BCUT2D eigenvalue weighted by Crippen LogP contribution is 2.38. The van der Waals surface area contributed by atoms with Gasteiger partial charge in [0.05, 0.1) is 0 Å². The highest BCUT2D eigenvalue weighted by molar-refractivity contribution is 7.25. The van der Waals surface area contributed by atoms with Crippen molar-refractivity contribution in [3.8, 4) is 34.2 Å². The third-order valence-corrected chi connectivity index (χ3v) is 7.45. The molecule has 4 heteroatoms. The van der Waals surface area contributed by atoms with E-state index < -0.39 is 0 Å². The van der Waals surface area contributed by atoms with Gasteiger partial charge in [0.25, 0.3) is 0 Å². The second kappa shape index (κ2) is 8.12. The van der Waals surface area contributed by atoms with Gasteiger partial charge in [0.15, 0.2) is 17.5 Å². The summed E-state index contributed by atoms with van der Waals surface area (Å²) in [6, 6.07) is 39.8. The third kappa shape index (κ3) is 3.47. The minimum Gasteiger partial charge on any atom is -0.208 e. The molecule has 7 rings (SSSR count). The highest BCUT2D eigenvalue weighted by atomic mass is 32.1. The van der Waals surface area contributed by atoms with E-state index in [2.05, 4.69) is 54.6 Å². The Bertz CT molecular complexity index is 1780. The molecular weight excluding hydrogens is 446 g/mol. The summed E-state index contributed by atoms with van der Waals surface area (Å²) in [6.07, 6.45) is 0. The summed E-state index contributed by atoms with van der Waals surface area (Å²) >= 11 is 1.83. The first-order valence-electron chi connectivity index (χ1n) is 11.5. The predicted molar refractivity (Wildman–Crippen MR) is 147 cm³/mol. The molecule has 0 amide bonds. The molecule has 0 saturated heterocycles. The lowest BCUT2D eigenvalue weighted by Crippen LogP contribution is -2.00. The van der Waals surface area contributed by atoms with Crippen LogP contribution in [0.4, 0.5) is 0 Å². The van der Waals surface area contributed by atoms with Crippen molar-refractivity contribution < 1.29 is 0 Å². The lowest BCUT2D eigenvalue weighted by Gasteiger charge is -2.10. The Labute approximate surface area is 206 Å². The maximum absolute atomic E-state index is 4.95. The van der Waals surface area contributed by atoms with Crippen molar-refractivity contribution in [1.29, 1.82) is 0 Å². The van der Waals surface area contributed by atoms with E-state index in [-0.39, 0.29) is 0 Å². The zero-order valence-corrected chi connectivity index (χ0v) is 19.5. The number of thiophene rings is 1. The van der Waals surface area contributed by atoms with Gasteiger partial charge in [-0.2, -0.15) is 0 Å². The molecule has 2 heterocycles. The zero-order chi connectivity index (χ0) is 23.2. The molecule has 7 aromatic rings. The van der Waals surface area contributed by atoms with Gasteiger partial charge in [0.2, 0.25) is 0 Å². The van der Waals surface area contributed by atoms with Crippen LogP contribution < -0.4 is 0 Å². The molecule has 0 aliphatic heterocycles. The molecule has 164 valence electrons. The molecule has 0 atom stereocenters. The third-order valence-electron chi connectivity index (χ3n) is 6.32. The monoisotopic (exact) mass is 465 g/mol. The Kier molecular flexibility index (Phi) is 4.64. The Hall–Kier alpha value is -4.41. The molecular formula is C31H19N3S. The van der Waals surface area contributed by atoms with Crippen molar-refractivity contribution in [1.82, 2.24) is 15.0 Å². The summed E-state index contributed by atoms with van der Waals surface area (Å²) in [6.45, 7) is 0. The van der Waals surface area contributed by atoms with E-state index in [1.54, 1.807) is 0 Å². The van der Waals surface area contributed by atoms with Crippen LogP contribution >= 0.6 is 11.3 Å². The summed E-state index contributed by atoms with van der Waals surface area (Å²) in [5, 5.41) is 4.93. The van der Waals surface area contributed by atoms with E-state index in [9.17, 15) is 0 Å². The molecule has 0 saturated carbocycles. The van der Waals surface area contributed by atoms with Gasteiger partial charge in [0.1, 0.15) is 0 Å². The SMILES string of the molecule is c1ccc(-c2nc(-c3ccccc3)nc(-c3cccc4cc5c(cc34)sc3ccccc35)n2)cc1. The second-order valence-corrected chi connectivity index (χ2v) is 9.60. The van der Waals surface area contributed by atoms with Crippen molar-refractivity contribution in [2.75, 3.05) is 0 Å². The Balaban J connectivity index is 1.50. The molecule has 0 spiro atoms. The van der Waals surface area contributed by atoms with Gasteiger partial charge in [-0.15, -0.1) is 11.3 Å². The first-order valence-corrected chi connectivity index (χ1v) is 12.4. The molecule has 35 heavy (non-hydrogen) atoms. The average Bonchev–Trinajstić information content (AvgIpc) is 3.29. The Morgan fingerprint density at radius 2 is 1.06 bits per heavy atom. The minimum absolute atomic E-state index is 0.675. The fourth-order valence-corrected chi connectivity index (χ4v) is 5.75. The van der Waals surface area contributed by atoms with Gasteiger partial charge in [0, 0.05) is 36.9 Å². The molecule has 0 unspecified atom stereocenters. The van der Waals surface area contributed by atoms with Gasteiger partial charge in [-0.25, -0.2) is 15.0 Å². The van der Waals surface area contributed by atoms with Crippen LogP contribution in [0.3, 0.4) is 0 Å². The zero-order valence-electron chi connectivity index (χ0n) is 18.7. The summed E-state index contributed by atoms with van der Waals surface area (Å²) in [5.74, 6) is 2.03. The van der Waals surface area contributed by atoms with E-state index in [0.717, 1.165) is 22.1 Å². The molecule has 0 aliphatic carbocycles. The summed E-state index contributed by atoms with van der Waals surface area (Å²) < 4.78 is 2.57. The number of nitrogens with zero attached hydrogens (tertiary/aromatic N) is 3. The average molecular weight is 466 g/mol. The fraction of sp³-hybridized carbons (Fsp3) is 0. The van der Waals surface area contributed by atoms with E-state index in [4.69, 9.17) is 15.0 Å². The molecule has 0 fully saturated rings. The van der Waals surface area contributed by atoms with Crippen molar-refractivity contribution in [2.24, 2.45) is 0 Å². The van der Waals surface area contributed by atoms with E-state index in [1.807, 2.05) is 72.0 Å². The summed E-state index contributed by atoms with van der Waals surface area (Å²) in [7, 11) is 0. The van der Waals surface area contributed by atoms with Crippen LogP contribution in [0.5, 0.6) is 0 Å². The lowest BCUT2D eigenvalue weighted by atomic mass is 10.0. The molecule has 3 nitrogen and oxygen atoms in total. The van der Waals surface area contributed by atoms with Crippen LogP contribution in [0.1, 0.15) is 0 Å². The number of rotatable bonds is 3. The number of hydrogen-bond donors (Lipinski definition) is 0. The fourth-order valence-electron chi connectivity index (χ4n) is 4.62. The van der Waals surface area contributed by atoms with Gasteiger partial charge >= 0.3 is 0 Å². The maximum Gasteiger partial charge on any atom is 0.164 e. The predicted octanol–water partition coefficient (Wildman–Crippen LogP) is 8.39. The molecule has 0 radical (unpaired) electrons. The molecule has 0 aliphatic rings. The van der Waals surface area contributed by atoms with Crippen LogP contribution in [-0.2, 0) is 0 Å². The van der Waals surface area contributed by atoms with Crippen molar-refractivity contribution in [3.05, 3.63) is 115 Å². The highest BCUT2D eigenvalue weighted by Gasteiger charge is 2.15. The smallest absolute Gasteiger partial charge is 0.164 e. The first kappa shape index (κ1) is 20.0. The largest absolute Gasteiger partial charge is 0.208 e. The first-order chi connectivity index (χ1) is 17.3. The molecule has 5 aromatic carbocycles. The van der Waals surface area contributed by atoms with Crippen molar-refractivity contribution >= 4 is 42.3 Å². The minimum atomic E-state index is 0.675. The number of benzene rings is 5. The van der Waals surface area contributed by atoms with Crippen LogP contribution in [0.25, 0.3) is 65.1 Å². The van der Waals surface area contributed by atoms with Gasteiger partial charge in [-0.1, -0.05) is 97.1 Å². The lowest BCUT2D eigenvalue weighted by molar-refractivity contribution is 1.08. The topological polar surface area (TPSA) is 38.7 Å². The van der Waals surface area contributed by atoms with E-state index in [1.165, 1.54) is 25.6 Å². The maximum atomic E-state index is 4.95. The quantitative estimate of drug-likeness (QED) is 0.263. The normalized spacial score (nSPS) is 11.4. The Morgan fingerprint density at radius 3 is 1.77 bits per heavy atom. The van der Waals surface area contributed by atoms with Crippen LogP contribution in [-0.4, -0.2) is 15.0 Å². The van der Waals surface area contributed by atoms with Crippen LogP contribution in [0, 0.1) is 0 Å². The summed E-state index contributed by atoms with van der Waals surface area (Å²) in [5.41, 5.74) is 2.96. The number of hydrogen-bond acceptors (Lipinski definition) is 4. The van der Waals surface area contributed by atoms with Gasteiger partial charge in [-0.3, -0.25) is 0 Å². The van der Waals surface area contributed by atoms with E-state index in [0.29, 0.717) is 17.5 Å². The number of aromatic nitrogens is 3. The van der Waals surface area contributed by atoms with Crippen molar-refractivity contribution in [2.45, 2.75) is 0 Å². The Morgan fingerprint density at radius 1 is 0.429 bits per heavy atom. The molecule has 0 N–H and O–H groups in total. The second-order valence-electron chi connectivity index (χ2n) is 8.51. The standard InChI is InChI=1S/C31H19N3S/c1-3-10-20(11-4-1)29-32-30(21-12-5-2-6-13-21)34-31(33-29)24-16-9-14-22-18-26-23-15-7-8-17-27(23)35-28(26)19-25(22)24/h1-19H. The summed E-state index contributed by atoms with van der Waals surface area (Å²) in [4.78, 5) is 14.7. The molecule has 0 bridgehead atoms. The van der Waals surface area contributed by atoms with Crippen LogP contribution in [0.15, 0.2) is 115 Å². The van der Waals surface area contributed by atoms with Gasteiger partial charge in [-0.05, 0) is 29.0 Å². The van der Waals surface area contributed by atoms with Crippen LogP contribution in [0.2, 0.25) is 0 Å². The van der Waals surface area contributed by atoms with E-state index >= 15 is 0 Å². The van der Waals surface area contributed by atoms with Gasteiger partial charge < -0.3 is 0 Å². The molecule has 2 aromatic heterocycles. The van der Waals surface area contributed by atoms with Crippen molar-refractivity contribution in [3.63, 3.8) is 0 Å². The number of fused-ring (bicyclic) bond motifs is 4.